The highest BCUT2D eigenvalue weighted by Crippen LogP contribution is 2.31. The van der Waals surface area contributed by atoms with Crippen molar-refractivity contribution in [1.82, 2.24) is 0 Å². The highest BCUT2D eigenvalue weighted by atomic mass is 16.4. The van der Waals surface area contributed by atoms with Crippen LogP contribution in [0.4, 0.5) is 0 Å². The lowest BCUT2D eigenvalue weighted by Crippen LogP contribution is -2.42. The first-order valence-corrected chi connectivity index (χ1v) is 6.38. The lowest BCUT2D eigenvalue weighted by atomic mass is 9.77. The minimum absolute atomic E-state index is 0.0208. The molecule has 0 heterocycles. The molecule has 0 fully saturated rings. The molecule has 0 rings (SSSR count). The Hall–Kier alpha value is -0.610. The Morgan fingerprint density at radius 1 is 1.12 bits per heavy atom. The maximum absolute atomic E-state index is 10.2. The van der Waals surface area contributed by atoms with E-state index in [2.05, 4.69) is 0 Å². The molecule has 0 aromatic heterocycles. The quantitative estimate of drug-likeness (QED) is 0.674. The van der Waals surface area contributed by atoms with E-state index in [4.69, 9.17) is 9.90 Å². The molecule has 17 heavy (non-hydrogen) atoms. The molecule has 0 saturated carbocycles. The first-order valence-electron chi connectivity index (χ1n) is 6.38. The monoisotopic (exact) mass is 248 g/mol. The Bertz CT molecular complexity index is 196. The van der Waals surface area contributed by atoms with Crippen molar-refractivity contribution in [1.29, 1.82) is 0 Å². The van der Waals surface area contributed by atoms with Gasteiger partial charge < -0.3 is 15.3 Å². The zero-order valence-corrected chi connectivity index (χ0v) is 11.7. The van der Waals surface area contributed by atoms with E-state index in [0.717, 1.165) is 32.6 Å². The Morgan fingerprint density at radius 2 is 1.47 bits per heavy atom. The second kappa shape index (κ2) is 9.42. The largest absolute Gasteiger partial charge is 0.481 e. The summed E-state index contributed by atoms with van der Waals surface area (Å²) in [5, 5.41) is 27.4. The Labute approximate surface area is 105 Å². The van der Waals surface area contributed by atoms with E-state index < -0.39 is 11.6 Å². The smallest absolute Gasteiger partial charge is 0.300 e. The maximum Gasteiger partial charge on any atom is 0.300 e. The van der Waals surface area contributed by atoms with Crippen LogP contribution in [0.5, 0.6) is 0 Å². The van der Waals surface area contributed by atoms with Crippen LogP contribution in [0.3, 0.4) is 0 Å². The third-order valence-electron chi connectivity index (χ3n) is 3.24. The van der Waals surface area contributed by atoms with Gasteiger partial charge in [-0.1, -0.05) is 27.7 Å². The SMILES string of the molecule is CC(=O)O.CCC(O)C(CC)C(O)(CC)CC. The molecule has 4 heteroatoms. The minimum atomic E-state index is -0.833. The van der Waals surface area contributed by atoms with Crippen molar-refractivity contribution in [3.8, 4) is 0 Å². The lowest BCUT2D eigenvalue weighted by Gasteiger charge is -2.37. The average Bonchev–Trinajstić information content (AvgIpc) is 2.28. The fourth-order valence-corrected chi connectivity index (χ4v) is 2.07. The molecule has 0 radical (unpaired) electrons. The molecule has 0 aliphatic heterocycles. The summed E-state index contributed by atoms with van der Waals surface area (Å²) >= 11 is 0. The first kappa shape index (κ1) is 18.7. The summed E-state index contributed by atoms with van der Waals surface area (Å²) in [5.41, 5.74) is -0.676. The molecular formula is C13H28O4. The number of carboxylic acid groups (broad SMARTS) is 1. The summed E-state index contributed by atoms with van der Waals surface area (Å²) in [7, 11) is 0. The van der Waals surface area contributed by atoms with Crippen LogP contribution >= 0.6 is 0 Å². The van der Waals surface area contributed by atoms with Crippen LogP contribution in [0.1, 0.15) is 60.3 Å². The first-order chi connectivity index (χ1) is 7.78. The number of rotatable bonds is 6. The van der Waals surface area contributed by atoms with Crippen molar-refractivity contribution < 1.29 is 20.1 Å². The topological polar surface area (TPSA) is 77.8 Å². The Balaban J connectivity index is 0. The second-order valence-electron chi connectivity index (χ2n) is 4.32. The van der Waals surface area contributed by atoms with Crippen LogP contribution in [0, 0.1) is 5.92 Å². The summed E-state index contributed by atoms with van der Waals surface area (Å²) in [6.45, 7) is 9.03. The van der Waals surface area contributed by atoms with E-state index in [0.29, 0.717) is 0 Å². The molecule has 3 N–H and O–H groups in total. The molecule has 0 aromatic carbocycles. The highest BCUT2D eigenvalue weighted by molar-refractivity contribution is 5.62. The van der Waals surface area contributed by atoms with Gasteiger partial charge in [-0.15, -0.1) is 0 Å². The molecule has 0 amide bonds. The van der Waals surface area contributed by atoms with Crippen molar-refractivity contribution in [2.45, 2.75) is 72.0 Å². The van der Waals surface area contributed by atoms with Crippen molar-refractivity contribution >= 4 is 5.97 Å². The van der Waals surface area contributed by atoms with Gasteiger partial charge in [-0.2, -0.15) is 0 Å². The lowest BCUT2D eigenvalue weighted by molar-refractivity contribution is -0.134. The zero-order chi connectivity index (χ0) is 14.1. The van der Waals surface area contributed by atoms with Gasteiger partial charge in [0.2, 0.25) is 0 Å². The number of carboxylic acids is 1. The van der Waals surface area contributed by atoms with Crippen molar-refractivity contribution in [2.24, 2.45) is 5.92 Å². The van der Waals surface area contributed by atoms with Crippen LogP contribution in [0.15, 0.2) is 0 Å². The molecular weight excluding hydrogens is 220 g/mol. The molecule has 0 spiro atoms. The van der Waals surface area contributed by atoms with E-state index in [1.54, 1.807) is 0 Å². The van der Waals surface area contributed by atoms with Gasteiger partial charge in [-0.3, -0.25) is 4.79 Å². The van der Waals surface area contributed by atoms with Crippen LogP contribution in [-0.4, -0.2) is 33.0 Å². The summed E-state index contributed by atoms with van der Waals surface area (Å²) in [6.07, 6.45) is 2.64. The standard InChI is InChI=1S/C11H24O2.C2H4O2/c1-5-9(10(12)6-2)11(13,7-3)8-4;1-2(3)4/h9-10,12-13H,5-8H2,1-4H3;1H3,(H,3,4). The van der Waals surface area contributed by atoms with Gasteiger partial charge in [-0.05, 0) is 25.7 Å². The van der Waals surface area contributed by atoms with Gasteiger partial charge in [0.15, 0.2) is 0 Å². The molecule has 2 atom stereocenters. The van der Waals surface area contributed by atoms with E-state index in [-0.39, 0.29) is 12.0 Å². The number of hydrogen-bond donors (Lipinski definition) is 3. The van der Waals surface area contributed by atoms with Crippen molar-refractivity contribution in [3.63, 3.8) is 0 Å². The molecule has 0 aromatic rings. The van der Waals surface area contributed by atoms with E-state index in [1.165, 1.54) is 0 Å². The minimum Gasteiger partial charge on any atom is -0.481 e. The summed E-state index contributed by atoms with van der Waals surface area (Å²) in [5.74, 6) is -0.813. The van der Waals surface area contributed by atoms with Crippen molar-refractivity contribution in [2.75, 3.05) is 0 Å². The molecule has 104 valence electrons. The molecule has 0 saturated heterocycles. The fourth-order valence-electron chi connectivity index (χ4n) is 2.07. The Morgan fingerprint density at radius 3 is 1.65 bits per heavy atom. The summed E-state index contributed by atoms with van der Waals surface area (Å²) < 4.78 is 0. The number of aliphatic hydroxyl groups is 2. The fraction of sp³-hybridized carbons (Fsp3) is 0.923. The normalized spacial score (nSPS) is 14.5. The summed E-state index contributed by atoms with van der Waals surface area (Å²) in [6, 6.07) is 0. The van der Waals surface area contributed by atoms with Crippen LogP contribution in [-0.2, 0) is 4.79 Å². The third-order valence-corrected chi connectivity index (χ3v) is 3.24. The predicted octanol–water partition coefficient (Wildman–Crippen LogP) is 2.43. The van der Waals surface area contributed by atoms with Gasteiger partial charge in [0.05, 0.1) is 11.7 Å². The van der Waals surface area contributed by atoms with Gasteiger partial charge in [-0.25, -0.2) is 0 Å². The summed E-state index contributed by atoms with van der Waals surface area (Å²) in [4.78, 5) is 9.00. The van der Waals surface area contributed by atoms with E-state index >= 15 is 0 Å². The van der Waals surface area contributed by atoms with Gasteiger partial charge in [0.1, 0.15) is 0 Å². The van der Waals surface area contributed by atoms with E-state index in [9.17, 15) is 10.2 Å². The average molecular weight is 248 g/mol. The van der Waals surface area contributed by atoms with Crippen LogP contribution in [0.25, 0.3) is 0 Å². The van der Waals surface area contributed by atoms with Gasteiger partial charge in [0.25, 0.3) is 5.97 Å². The van der Waals surface area contributed by atoms with Crippen LogP contribution in [0.2, 0.25) is 0 Å². The highest BCUT2D eigenvalue weighted by Gasteiger charge is 2.35. The molecule has 4 nitrogen and oxygen atoms in total. The van der Waals surface area contributed by atoms with Crippen LogP contribution < -0.4 is 0 Å². The maximum atomic E-state index is 10.2. The van der Waals surface area contributed by atoms with Crippen molar-refractivity contribution in [3.05, 3.63) is 0 Å². The number of aliphatic carboxylic acids is 1. The molecule has 2 unspecified atom stereocenters. The predicted molar refractivity (Wildman–Crippen MR) is 68.9 cm³/mol. The third kappa shape index (κ3) is 7.34. The van der Waals surface area contributed by atoms with Gasteiger partial charge in [0, 0.05) is 12.8 Å². The molecule has 0 aliphatic carbocycles. The van der Waals surface area contributed by atoms with E-state index in [1.807, 2.05) is 27.7 Å². The zero-order valence-electron chi connectivity index (χ0n) is 11.7. The second-order valence-corrected chi connectivity index (χ2v) is 4.32. The molecule has 0 bridgehead atoms. The number of hydrogen-bond acceptors (Lipinski definition) is 3. The number of carbonyl (C=O) groups is 1. The number of aliphatic hydroxyl groups excluding tert-OH is 1. The molecule has 0 aliphatic rings. The Kier molecular flexibility index (Phi) is 10.4. The van der Waals surface area contributed by atoms with Gasteiger partial charge >= 0.3 is 0 Å².